The van der Waals surface area contributed by atoms with Crippen LogP contribution in [-0.2, 0) is 36.8 Å². The molecule has 0 spiro atoms. The van der Waals surface area contributed by atoms with Crippen LogP contribution < -0.4 is 27.4 Å². The first kappa shape index (κ1) is 31.0. The molecule has 3 aromatic rings. The molecule has 41 heavy (non-hydrogen) atoms. The first-order valence-corrected chi connectivity index (χ1v) is 13.2. The lowest BCUT2D eigenvalue weighted by molar-refractivity contribution is -0.142. The van der Waals surface area contributed by atoms with E-state index in [1.807, 2.05) is 24.3 Å². The van der Waals surface area contributed by atoms with Crippen molar-refractivity contribution in [3.63, 3.8) is 0 Å². The number of hydrogen-bond acceptors (Lipinski definition) is 8. The summed E-state index contributed by atoms with van der Waals surface area (Å²) in [5.74, 6) is -4.84. The summed E-state index contributed by atoms with van der Waals surface area (Å²) >= 11 is 4.10. The summed E-state index contributed by atoms with van der Waals surface area (Å²) in [4.78, 5) is 65.2. The quantitative estimate of drug-likeness (QED) is 0.110. The highest BCUT2D eigenvalue weighted by molar-refractivity contribution is 7.80. The molecule has 218 valence electrons. The molecule has 0 saturated heterocycles. The Morgan fingerprint density at radius 1 is 0.854 bits per heavy atom. The molecular formula is C27H32N6O7S. The number of thiol groups is 1. The minimum absolute atomic E-state index is 0.0302. The molecule has 0 aliphatic carbocycles. The third kappa shape index (κ3) is 8.71. The van der Waals surface area contributed by atoms with E-state index < -0.39 is 60.2 Å². The molecule has 4 atom stereocenters. The molecule has 14 heteroatoms. The van der Waals surface area contributed by atoms with Crippen LogP contribution in [0.4, 0.5) is 0 Å². The van der Waals surface area contributed by atoms with Crippen molar-refractivity contribution in [2.75, 3.05) is 5.75 Å². The van der Waals surface area contributed by atoms with Crippen LogP contribution in [0.15, 0.2) is 54.7 Å². The molecule has 1 aromatic heterocycles. The number of aromatic nitrogens is 1. The van der Waals surface area contributed by atoms with Gasteiger partial charge in [-0.25, -0.2) is 4.79 Å². The van der Waals surface area contributed by atoms with Gasteiger partial charge >= 0.3 is 5.97 Å². The van der Waals surface area contributed by atoms with Gasteiger partial charge in [0.1, 0.15) is 23.9 Å². The molecule has 4 unspecified atom stereocenters. The number of para-hydroxylation sites is 1. The van der Waals surface area contributed by atoms with Crippen molar-refractivity contribution in [2.45, 2.75) is 43.4 Å². The van der Waals surface area contributed by atoms with E-state index in [2.05, 4.69) is 33.6 Å². The van der Waals surface area contributed by atoms with Crippen LogP contribution in [0.3, 0.4) is 0 Å². The zero-order valence-corrected chi connectivity index (χ0v) is 22.8. The third-order valence-electron chi connectivity index (χ3n) is 6.30. The standard InChI is InChI=1S/C27H32N6O7S/c28-18(9-14-5-7-16(34)8-6-14)24(36)31-20(11-23(29)35)25(37)33-22(13-41)26(38)32-21(27(39)40)10-15-12-30-19-4-2-1-3-17(15)19/h1-8,12,18,20-22,30,34,41H,9-11,13,28H2,(H2,29,35)(H,31,36)(H,32,38)(H,33,37)(H,39,40). The summed E-state index contributed by atoms with van der Waals surface area (Å²) in [5.41, 5.74) is 13.3. The molecule has 0 radical (unpaired) electrons. The minimum atomic E-state index is -1.46. The molecule has 10 N–H and O–H groups in total. The molecule has 4 amide bonds. The van der Waals surface area contributed by atoms with Crippen LogP contribution in [0.2, 0.25) is 0 Å². The van der Waals surface area contributed by atoms with Gasteiger partial charge in [0.15, 0.2) is 0 Å². The number of hydrogen-bond donors (Lipinski definition) is 9. The summed E-state index contributed by atoms with van der Waals surface area (Å²) in [6, 6.07) is 8.14. The van der Waals surface area contributed by atoms with E-state index in [4.69, 9.17) is 11.5 Å². The molecule has 0 aliphatic heterocycles. The maximum absolute atomic E-state index is 13.0. The minimum Gasteiger partial charge on any atom is -0.508 e. The lowest BCUT2D eigenvalue weighted by Crippen LogP contribution is -2.58. The van der Waals surface area contributed by atoms with Gasteiger partial charge in [-0.3, -0.25) is 19.2 Å². The number of amides is 4. The van der Waals surface area contributed by atoms with E-state index in [0.29, 0.717) is 11.1 Å². The maximum atomic E-state index is 13.0. The fourth-order valence-electron chi connectivity index (χ4n) is 4.13. The fourth-order valence-corrected chi connectivity index (χ4v) is 4.38. The number of carbonyl (C=O) groups is 5. The van der Waals surface area contributed by atoms with Gasteiger partial charge in [-0.15, -0.1) is 0 Å². The van der Waals surface area contributed by atoms with Gasteiger partial charge in [-0.1, -0.05) is 30.3 Å². The highest BCUT2D eigenvalue weighted by Crippen LogP contribution is 2.19. The SMILES string of the molecule is NC(=O)CC(NC(=O)C(N)Cc1ccc(O)cc1)C(=O)NC(CS)C(=O)NC(Cc1c[nH]c2ccccc12)C(=O)O. The van der Waals surface area contributed by atoms with Crippen LogP contribution in [0.1, 0.15) is 17.5 Å². The number of H-pyrrole nitrogens is 1. The molecule has 3 rings (SSSR count). The highest BCUT2D eigenvalue weighted by atomic mass is 32.1. The van der Waals surface area contributed by atoms with Gasteiger partial charge < -0.3 is 42.6 Å². The Labute approximate surface area is 240 Å². The molecule has 0 aliphatic rings. The number of aromatic amines is 1. The zero-order valence-electron chi connectivity index (χ0n) is 21.9. The van der Waals surface area contributed by atoms with Crippen molar-refractivity contribution in [3.8, 4) is 5.75 Å². The van der Waals surface area contributed by atoms with E-state index in [1.165, 1.54) is 12.1 Å². The normalized spacial score (nSPS) is 13.9. The molecule has 2 aromatic carbocycles. The molecule has 13 nitrogen and oxygen atoms in total. The largest absolute Gasteiger partial charge is 0.508 e. The van der Waals surface area contributed by atoms with Crippen LogP contribution >= 0.6 is 12.6 Å². The van der Waals surface area contributed by atoms with E-state index >= 15 is 0 Å². The van der Waals surface area contributed by atoms with Crippen LogP contribution in [0.25, 0.3) is 10.9 Å². The van der Waals surface area contributed by atoms with E-state index in [-0.39, 0.29) is 24.3 Å². The van der Waals surface area contributed by atoms with Crippen molar-refractivity contribution < 1.29 is 34.2 Å². The Bertz CT molecular complexity index is 1410. The highest BCUT2D eigenvalue weighted by Gasteiger charge is 2.31. The summed E-state index contributed by atoms with van der Waals surface area (Å²) in [7, 11) is 0. The number of benzene rings is 2. The second kappa shape index (κ2) is 14.2. The third-order valence-corrected chi connectivity index (χ3v) is 6.66. The number of aromatic hydroxyl groups is 1. The van der Waals surface area contributed by atoms with Crippen molar-refractivity contribution in [1.29, 1.82) is 0 Å². The monoisotopic (exact) mass is 584 g/mol. The number of phenols is 1. The molecule has 1 heterocycles. The Kier molecular flexibility index (Phi) is 10.7. The van der Waals surface area contributed by atoms with Crippen molar-refractivity contribution in [2.24, 2.45) is 11.5 Å². The number of rotatable bonds is 14. The topological polar surface area (TPSA) is 230 Å². The number of nitrogens with one attached hydrogen (secondary N) is 4. The summed E-state index contributed by atoms with van der Waals surface area (Å²) in [6.45, 7) is 0. The van der Waals surface area contributed by atoms with Crippen molar-refractivity contribution in [3.05, 3.63) is 65.9 Å². The van der Waals surface area contributed by atoms with Gasteiger partial charge in [-0.05, 0) is 35.7 Å². The van der Waals surface area contributed by atoms with Crippen LogP contribution in [-0.4, -0.2) is 74.7 Å². The number of primary amides is 1. The predicted octanol–water partition coefficient (Wildman–Crippen LogP) is -0.670. The number of fused-ring (bicyclic) bond motifs is 1. The number of phenolic OH excluding ortho intramolecular Hbond substituents is 1. The Morgan fingerprint density at radius 3 is 2.10 bits per heavy atom. The fraction of sp³-hybridized carbons (Fsp3) is 0.296. The van der Waals surface area contributed by atoms with Crippen LogP contribution in [0.5, 0.6) is 5.75 Å². The first-order valence-electron chi connectivity index (χ1n) is 12.6. The van der Waals surface area contributed by atoms with Gasteiger partial charge in [0.25, 0.3) is 0 Å². The van der Waals surface area contributed by atoms with Crippen molar-refractivity contribution in [1.82, 2.24) is 20.9 Å². The number of aliphatic carboxylic acids is 1. The Hall–Kier alpha value is -4.56. The van der Waals surface area contributed by atoms with E-state index in [1.54, 1.807) is 18.3 Å². The lowest BCUT2D eigenvalue weighted by atomic mass is 10.0. The first-order chi connectivity index (χ1) is 19.5. The lowest BCUT2D eigenvalue weighted by Gasteiger charge is -2.24. The average Bonchev–Trinajstić information content (AvgIpc) is 3.34. The Balaban J connectivity index is 1.65. The molecule has 0 bridgehead atoms. The molecule has 0 saturated carbocycles. The average molecular weight is 585 g/mol. The number of carbonyl (C=O) groups excluding carboxylic acids is 4. The van der Waals surface area contributed by atoms with Gasteiger partial charge in [0.2, 0.25) is 23.6 Å². The van der Waals surface area contributed by atoms with Crippen molar-refractivity contribution >= 4 is 53.1 Å². The summed E-state index contributed by atoms with van der Waals surface area (Å²) < 4.78 is 0. The van der Waals surface area contributed by atoms with Gasteiger partial charge in [0.05, 0.1) is 12.5 Å². The smallest absolute Gasteiger partial charge is 0.326 e. The summed E-state index contributed by atoms with van der Waals surface area (Å²) in [6.07, 6.45) is 1.13. The van der Waals surface area contributed by atoms with Gasteiger partial charge in [0, 0.05) is 29.3 Å². The number of nitrogens with two attached hydrogens (primary N) is 2. The second-order valence-electron chi connectivity index (χ2n) is 9.42. The number of carboxylic acids is 1. The van der Waals surface area contributed by atoms with Crippen LogP contribution in [0, 0.1) is 0 Å². The zero-order chi connectivity index (χ0) is 30.1. The molecular weight excluding hydrogens is 552 g/mol. The van der Waals surface area contributed by atoms with E-state index in [9.17, 15) is 34.2 Å². The maximum Gasteiger partial charge on any atom is 0.326 e. The predicted molar refractivity (Wildman–Crippen MR) is 153 cm³/mol. The Morgan fingerprint density at radius 2 is 1.46 bits per heavy atom. The summed E-state index contributed by atoms with van der Waals surface area (Å²) in [5, 5.41) is 27.1. The number of carboxylic acid groups (broad SMARTS) is 1. The van der Waals surface area contributed by atoms with Gasteiger partial charge in [-0.2, -0.15) is 12.6 Å². The molecule has 0 fully saturated rings. The van der Waals surface area contributed by atoms with E-state index in [0.717, 1.165) is 10.9 Å². The second-order valence-corrected chi connectivity index (χ2v) is 9.78.